The highest BCUT2D eigenvalue weighted by Gasteiger charge is 2.61. The van der Waals surface area contributed by atoms with Crippen LogP contribution in [0, 0.1) is 12.8 Å². The predicted molar refractivity (Wildman–Crippen MR) is 83.1 cm³/mol. The van der Waals surface area contributed by atoms with Gasteiger partial charge in [0.2, 0.25) is 11.8 Å². The maximum Gasteiger partial charge on any atom is 0.260 e. The van der Waals surface area contributed by atoms with Crippen LogP contribution >= 0.6 is 0 Å². The van der Waals surface area contributed by atoms with Crippen molar-refractivity contribution in [2.24, 2.45) is 5.92 Å². The summed E-state index contributed by atoms with van der Waals surface area (Å²) in [6, 6.07) is 0.0895. The molecule has 1 aromatic rings. The standard InChI is InChI=1S/C17H21F4N3O/c1-9-12(15(2)7-16(18,19)8-15)23-24(10-4-3-5-10)13(9)22-14(25)11-6-17(11,20)21/h10-11H,3-8H2,1-2H3,(H,22,25)/t11-/m1/s1. The molecule has 3 fully saturated rings. The quantitative estimate of drug-likeness (QED) is 0.819. The van der Waals surface area contributed by atoms with E-state index in [2.05, 4.69) is 10.4 Å². The molecule has 3 aliphatic rings. The van der Waals surface area contributed by atoms with Crippen molar-refractivity contribution in [3.63, 3.8) is 0 Å². The van der Waals surface area contributed by atoms with Crippen molar-refractivity contribution in [3.05, 3.63) is 11.3 Å². The number of carbonyl (C=O) groups is 1. The van der Waals surface area contributed by atoms with Gasteiger partial charge in [-0.3, -0.25) is 4.79 Å². The van der Waals surface area contributed by atoms with E-state index in [1.807, 2.05) is 0 Å². The third-order valence-corrected chi connectivity index (χ3v) is 5.82. The molecule has 1 aromatic heterocycles. The van der Waals surface area contributed by atoms with Crippen molar-refractivity contribution in [3.8, 4) is 0 Å². The second kappa shape index (κ2) is 4.98. The van der Waals surface area contributed by atoms with Gasteiger partial charge in [0.05, 0.1) is 11.7 Å². The Bertz CT molecular complexity index is 730. The zero-order valence-corrected chi connectivity index (χ0v) is 14.2. The van der Waals surface area contributed by atoms with E-state index < -0.39 is 35.5 Å². The van der Waals surface area contributed by atoms with Crippen LogP contribution in [0.4, 0.5) is 23.4 Å². The van der Waals surface area contributed by atoms with E-state index in [1.165, 1.54) is 0 Å². The van der Waals surface area contributed by atoms with Crippen LogP contribution in [0.2, 0.25) is 0 Å². The Morgan fingerprint density at radius 3 is 2.28 bits per heavy atom. The van der Waals surface area contributed by atoms with E-state index in [0.29, 0.717) is 17.1 Å². The fraction of sp³-hybridized carbons (Fsp3) is 0.765. The number of nitrogens with zero attached hydrogens (tertiary/aromatic N) is 2. The fourth-order valence-electron chi connectivity index (χ4n) is 4.10. The van der Waals surface area contributed by atoms with E-state index >= 15 is 0 Å². The summed E-state index contributed by atoms with van der Waals surface area (Å²) in [4.78, 5) is 12.1. The highest BCUT2D eigenvalue weighted by Crippen LogP contribution is 2.55. The third kappa shape index (κ3) is 2.64. The Morgan fingerprint density at radius 1 is 1.24 bits per heavy atom. The van der Waals surface area contributed by atoms with Crippen molar-refractivity contribution in [1.82, 2.24) is 9.78 Å². The topological polar surface area (TPSA) is 46.9 Å². The predicted octanol–water partition coefficient (Wildman–Crippen LogP) is 4.20. The van der Waals surface area contributed by atoms with Crippen LogP contribution in [0.25, 0.3) is 0 Å². The van der Waals surface area contributed by atoms with Gasteiger partial charge in [-0.05, 0) is 26.2 Å². The lowest BCUT2D eigenvalue weighted by atomic mass is 9.65. The highest BCUT2D eigenvalue weighted by molar-refractivity contribution is 5.95. The molecule has 1 heterocycles. The van der Waals surface area contributed by atoms with Gasteiger partial charge in [0, 0.05) is 30.2 Å². The minimum Gasteiger partial charge on any atom is -0.310 e. The number of anilines is 1. The molecule has 0 saturated heterocycles. The Balaban J connectivity index is 1.64. The van der Waals surface area contributed by atoms with Gasteiger partial charge in [0.25, 0.3) is 5.92 Å². The molecule has 0 aromatic carbocycles. The van der Waals surface area contributed by atoms with Gasteiger partial charge in [0.15, 0.2) is 0 Å². The lowest BCUT2D eigenvalue weighted by molar-refractivity contribution is -0.122. The summed E-state index contributed by atoms with van der Waals surface area (Å²) in [5.41, 5.74) is 0.413. The molecular formula is C17H21F4N3O. The molecule has 8 heteroatoms. The number of rotatable bonds is 4. The van der Waals surface area contributed by atoms with E-state index in [-0.39, 0.29) is 18.9 Å². The summed E-state index contributed by atoms with van der Waals surface area (Å²) < 4.78 is 54.8. The molecule has 1 atom stereocenters. The smallest absolute Gasteiger partial charge is 0.260 e. The van der Waals surface area contributed by atoms with Gasteiger partial charge in [-0.1, -0.05) is 6.92 Å². The largest absolute Gasteiger partial charge is 0.310 e. The van der Waals surface area contributed by atoms with Gasteiger partial charge < -0.3 is 5.32 Å². The first-order valence-electron chi connectivity index (χ1n) is 8.69. The molecule has 1 amide bonds. The van der Waals surface area contributed by atoms with E-state index in [9.17, 15) is 22.4 Å². The van der Waals surface area contributed by atoms with Crippen LogP contribution in [0.15, 0.2) is 0 Å². The van der Waals surface area contributed by atoms with Gasteiger partial charge >= 0.3 is 0 Å². The Kier molecular flexibility index (Phi) is 3.35. The molecule has 138 valence electrons. The number of aromatic nitrogens is 2. The fourth-order valence-corrected chi connectivity index (χ4v) is 4.10. The number of nitrogens with one attached hydrogen (secondary N) is 1. The van der Waals surface area contributed by atoms with Crippen molar-refractivity contribution in [2.75, 3.05) is 5.32 Å². The lowest BCUT2D eigenvalue weighted by Crippen LogP contribution is -2.47. The molecule has 0 bridgehead atoms. The number of alkyl halides is 4. The minimum atomic E-state index is -2.94. The normalized spacial score (nSPS) is 28.8. The lowest BCUT2D eigenvalue weighted by Gasteiger charge is -2.44. The second-order valence-electron chi connectivity index (χ2n) is 8.13. The summed E-state index contributed by atoms with van der Waals surface area (Å²) in [6.45, 7) is 3.46. The van der Waals surface area contributed by atoms with E-state index in [0.717, 1.165) is 19.3 Å². The summed E-state index contributed by atoms with van der Waals surface area (Å²) in [5.74, 6) is -7.26. The minimum absolute atomic E-state index is 0.0895. The molecule has 0 spiro atoms. The summed E-state index contributed by atoms with van der Waals surface area (Å²) in [7, 11) is 0. The van der Waals surface area contributed by atoms with Crippen molar-refractivity contribution in [1.29, 1.82) is 0 Å². The zero-order valence-electron chi connectivity index (χ0n) is 14.2. The highest BCUT2D eigenvalue weighted by atomic mass is 19.3. The zero-order chi connectivity index (χ0) is 18.2. The first kappa shape index (κ1) is 16.8. The summed E-state index contributed by atoms with van der Waals surface area (Å²) in [5, 5.41) is 7.14. The van der Waals surface area contributed by atoms with Gasteiger partial charge in [-0.25, -0.2) is 22.2 Å². The number of amides is 1. The number of hydrogen-bond donors (Lipinski definition) is 1. The molecule has 3 aliphatic carbocycles. The maximum absolute atomic E-state index is 13.4. The van der Waals surface area contributed by atoms with Gasteiger partial charge in [-0.15, -0.1) is 0 Å². The van der Waals surface area contributed by atoms with Crippen LogP contribution in [0.1, 0.15) is 62.7 Å². The third-order valence-electron chi connectivity index (χ3n) is 5.82. The summed E-state index contributed by atoms with van der Waals surface area (Å²) >= 11 is 0. The van der Waals surface area contributed by atoms with Crippen LogP contribution in [0.3, 0.4) is 0 Å². The molecule has 3 saturated carbocycles. The maximum atomic E-state index is 13.4. The molecular weight excluding hydrogens is 338 g/mol. The van der Waals surface area contributed by atoms with Crippen LogP contribution in [0.5, 0.6) is 0 Å². The molecule has 0 aliphatic heterocycles. The molecule has 25 heavy (non-hydrogen) atoms. The Hall–Kier alpha value is -1.60. The van der Waals surface area contributed by atoms with Gasteiger partial charge in [-0.2, -0.15) is 5.10 Å². The average Bonchev–Trinajstić information content (AvgIpc) is 2.93. The second-order valence-corrected chi connectivity index (χ2v) is 8.13. The summed E-state index contributed by atoms with van der Waals surface area (Å²) in [6.07, 6.45) is 1.80. The van der Waals surface area contributed by atoms with Gasteiger partial charge in [0.1, 0.15) is 11.7 Å². The van der Waals surface area contributed by atoms with E-state index in [1.54, 1.807) is 18.5 Å². The molecule has 4 nitrogen and oxygen atoms in total. The SMILES string of the molecule is Cc1c(C2(C)CC(F)(F)C2)nn(C2CCC2)c1NC(=O)[C@H]1CC1(F)F. The molecule has 1 N–H and O–H groups in total. The molecule has 0 unspecified atom stereocenters. The number of hydrogen-bond acceptors (Lipinski definition) is 2. The average molecular weight is 359 g/mol. The van der Waals surface area contributed by atoms with E-state index in [4.69, 9.17) is 0 Å². The first-order chi connectivity index (χ1) is 11.5. The van der Waals surface area contributed by atoms with Crippen LogP contribution < -0.4 is 5.32 Å². The van der Waals surface area contributed by atoms with Crippen LogP contribution in [-0.4, -0.2) is 27.5 Å². The number of halogens is 4. The molecule has 0 radical (unpaired) electrons. The number of carbonyl (C=O) groups excluding carboxylic acids is 1. The van der Waals surface area contributed by atoms with Crippen LogP contribution in [-0.2, 0) is 10.2 Å². The van der Waals surface area contributed by atoms with Crippen molar-refractivity contribution >= 4 is 11.7 Å². The molecule has 4 rings (SSSR count). The Morgan fingerprint density at radius 2 is 1.84 bits per heavy atom. The van der Waals surface area contributed by atoms with Crippen molar-refractivity contribution in [2.45, 2.75) is 75.7 Å². The Labute approximate surface area is 143 Å². The monoisotopic (exact) mass is 359 g/mol. The van der Waals surface area contributed by atoms with Crippen molar-refractivity contribution < 1.29 is 22.4 Å². The first-order valence-corrected chi connectivity index (χ1v) is 8.69.